The highest BCUT2D eigenvalue weighted by atomic mass is 32.1. The van der Waals surface area contributed by atoms with Gasteiger partial charge in [-0.2, -0.15) is 0 Å². The molecule has 3 heteroatoms. The molecule has 0 aliphatic heterocycles. The average Bonchev–Trinajstić information content (AvgIpc) is 3.64. The molecule has 0 spiro atoms. The average molecular weight is 544 g/mol. The van der Waals surface area contributed by atoms with Gasteiger partial charge in [0.1, 0.15) is 11.3 Å². The molecule has 0 aliphatic carbocycles. The molecule has 2 aromatic heterocycles. The molecule has 2 nitrogen and oxygen atoms in total. The van der Waals surface area contributed by atoms with Crippen LogP contribution in [0.3, 0.4) is 0 Å². The molecule has 0 saturated carbocycles. The third kappa shape index (κ3) is 4.37. The molecular weight excluding hydrogens is 518 g/mol. The van der Waals surface area contributed by atoms with E-state index in [0.29, 0.717) is 0 Å². The molecular formula is C38H25NOS. The van der Waals surface area contributed by atoms with Gasteiger partial charge in [0.25, 0.3) is 0 Å². The number of para-hydroxylation sites is 1. The molecule has 1 N–H and O–H groups in total. The molecule has 0 atom stereocenters. The number of fused-ring (bicyclic) bond motifs is 4. The van der Waals surface area contributed by atoms with Crippen molar-refractivity contribution in [2.45, 2.75) is 0 Å². The van der Waals surface area contributed by atoms with Crippen LogP contribution >= 0.6 is 11.3 Å². The Bertz CT molecular complexity index is 2120. The zero-order valence-corrected chi connectivity index (χ0v) is 23.0. The fourth-order valence-corrected chi connectivity index (χ4v) is 6.81. The summed E-state index contributed by atoms with van der Waals surface area (Å²) in [5, 5.41) is 7.34. The van der Waals surface area contributed by atoms with Crippen molar-refractivity contribution >= 4 is 53.9 Å². The van der Waals surface area contributed by atoms with Crippen LogP contribution in [0.1, 0.15) is 0 Å². The summed E-state index contributed by atoms with van der Waals surface area (Å²) in [6, 6.07) is 51.4. The van der Waals surface area contributed by atoms with E-state index >= 15 is 0 Å². The monoisotopic (exact) mass is 543 g/mol. The molecule has 8 aromatic rings. The predicted octanol–water partition coefficient (Wildman–Crippen LogP) is 11.5. The van der Waals surface area contributed by atoms with E-state index in [2.05, 4.69) is 133 Å². The van der Waals surface area contributed by atoms with E-state index in [4.69, 9.17) is 4.42 Å². The Kier molecular flexibility index (Phi) is 5.68. The summed E-state index contributed by atoms with van der Waals surface area (Å²) in [6.45, 7) is 0. The zero-order valence-electron chi connectivity index (χ0n) is 22.2. The zero-order chi connectivity index (χ0) is 27.2. The lowest BCUT2D eigenvalue weighted by Crippen LogP contribution is -1.90. The van der Waals surface area contributed by atoms with Crippen LogP contribution in [0.25, 0.3) is 64.7 Å². The van der Waals surface area contributed by atoms with Gasteiger partial charge in [-0.25, -0.2) is 0 Å². The van der Waals surface area contributed by atoms with Gasteiger partial charge >= 0.3 is 0 Å². The lowest BCUT2D eigenvalue weighted by molar-refractivity contribution is 0.631. The summed E-state index contributed by atoms with van der Waals surface area (Å²) in [5.41, 5.74) is 9.00. The Morgan fingerprint density at radius 2 is 1.10 bits per heavy atom. The largest absolute Gasteiger partial charge is 0.456 e. The molecule has 194 valence electrons. The van der Waals surface area contributed by atoms with E-state index < -0.39 is 0 Å². The smallest absolute Gasteiger partial charge is 0.135 e. The van der Waals surface area contributed by atoms with Crippen molar-refractivity contribution in [1.29, 1.82) is 0 Å². The molecule has 2 heterocycles. The molecule has 0 unspecified atom stereocenters. The molecule has 0 fully saturated rings. The van der Waals surface area contributed by atoms with E-state index in [1.807, 2.05) is 29.5 Å². The number of hydrogen-bond acceptors (Lipinski definition) is 3. The topological polar surface area (TPSA) is 25.2 Å². The normalized spacial score (nSPS) is 11.4. The third-order valence-corrected chi connectivity index (χ3v) is 8.92. The van der Waals surface area contributed by atoms with Crippen molar-refractivity contribution < 1.29 is 4.42 Å². The van der Waals surface area contributed by atoms with Crippen molar-refractivity contribution in [2.75, 3.05) is 5.32 Å². The number of nitrogens with one attached hydrogen (secondary N) is 1. The maximum Gasteiger partial charge on any atom is 0.135 e. The van der Waals surface area contributed by atoms with Gasteiger partial charge in [0.05, 0.1) is 0 Å². The quantitative estimate of drug-likeness (QED) is 0.233. The van der Waals surface area contributed by atoms with Gasteiger partial charge in [0.2, 0.25) is 0 Å². The second kappa shape index (κ2) is 9.81. The van der Waals surface area contributed by atoms with Gasteiger partial charge in [-0.3, -0.25) is 0 Å². The first-order valence-corrected chi connectivity index (χ1v) is 14.6. The minimum Gasteiger partial charge on any atom is -0.456 e. The number of rotatable bonds is 5. The van der Waals surface area contributed by atoms with Gasteiger partial charge in [-0.05, 0) is 64.7 Å². The summed E-state index contributed by atoms with van der Waals surface area (Å²) in [4.78, 5) is 0. The van der Waals surface area contributed by atoms with Crippen molar-refractivity contribution in [3.63, 3.8) is 0 Å². The number of hydrogen-bond donors (Lipinski definition) is 1. The summed E-state index contributed by atoms with van der Waals surface area (Å²) in [7, 11) is 0. The Morgan fingerprint density at radius 3 is 1.85 bits per heavy atom. The van der Waals surface area contributed by atoms with Gasteiger partial charge in [0.15, 0.2) is 0 Å². The van der Waals surface area contributed by atoms with Gasteiger partial charge in [-0.15, -0.1) is 11.3 Å². The maximum atomic E-state index is 6.03. The highest BCUT2D eigenvalue weighted by Gasteiger charge is 2.10. The summed E-state index contributed by atoms with van der Waals surface area (Å²) < 4.78 is 8.70. The summed E-state index contributed by atoms with van der Waals surface area (Å²) in [5.74, 6) is 0.892. The van der Waals surface area contributed by atoms with E-state index in [0.717, 1.165) is 33.7 Å². The molecule has 0 amide bonds. The van der Waals surface area contributed by atoms with Gasteiger partial charge in [-0.1, -0.05) is 103 Å². The van der Waals surface area contributed by atoms with Crippen molar-refractivity contribution in [2.24, 2.45) is 0 Å². The van der Waals surface area contributed by atoms with Crippen molar-refractivity contribution in [3.8, 4) is 33.6 Å². The van der Waals surface area contributed by atoms with E-state index in [9.17, 15) is 0 Å². The SMILES string of the molecule is c1ccc2oc(-c3ccc(-c4ccc(Nc5ccc(-c6cccc7c6sc6ccccc67)cc5)cc4)cc3)cc2c1. The third-order valence-electron chi connectivity index (χ3n) is 7.70. The first-order valence-electron chi connectivity index (χ1n) is 13.8. The molecule has 41 heavy (non-hydrogen) atoms. The molecule has 0 bridgehead atoms. The molecule has 6 aromatic carbocycles. The molecule has 0 saturated heterocycles. The van der Waals surface area contributed by atoms with Crippen LogP contribution in [0.15, 0.2) is 150 Å². The summed E-state index contributed by atoms with van der Waals surface area (Å²) in [6.07, 6.45) is 0. The number of thiophene rings is 1. The molecule has 0 aliphatic rings. The lowest BCUT2D eigenvalue weighted by atomic mass is 10.0. The fourth-order valence-electron chi connectivity index (χ4n) is 5.57. The first-order chi connectivity index (χ1) is 20.3. The predicted molar refractivity (Wildman–Crippen MR) is 175 cm³/mol. The minimum absolute atomic E-state index is 0.892. The maximum absolute atomic E-state index is 6.03. The lowest BCUT2D eigenvalue weighted by Gasteiger charge is -2.10. The highest BCUT2D eigenvalue weighted by Crippen LogP contribution is 2.40. The van der Waals surface area contributed by atoms with Crippen LogP contribution in [-0.4, -0.2) is 0 Å². The van der Waals surface area contributed by atoms with Crippen molar-refractivity contribution in [3.05, 3.63) is 146 Å². The van der Waals surface area contributed by atoms with Gasteiger partial charge in [0, 0.05) is 42.5 Å². The second-order valence-corrected chi connectivity index (χ2v) is 11.3. The Morgan fingerprint density at radius 1 is 0.488 bits per heavy atom. The van der Waals surface area contributed by atoms with Crippen LogP contribution in [0, 0.1) is 0 Å². The first kappa shape index (κ1) is 23.7. The van der Waals surface area contributed by atoms with Crippen LogP contribution in [0.4, 0.5) is 11.4 Å². The number of furan rings is 1. The number of anilines is 2. The van der Waals surface area contributed by atoms with E-state index in [-0.39, 0.29) is 0 Å². The summed E-state index contributed by atoms with van der Waals surface area (Å²) >= 11 is 1.87. The minimum atomic E-state index is 0.892. The van der Waals surface area contributed by atoms with Crippen LogP contribution < -0.4 is 5.32 Å². The van der Waals surface area contributed by atoms with Crippen LogP contribution in [0.2, 0.25) is 0 Å². The molecule has 8 rings (SSSR count). The van der Waals surface area contributed by atoms with Gasteiger partial charge < -0.3 is 9.73 Å². The second-order valence-electron chi connectivity index (χ2n) is 10.3. The highest BCUT2D eigenvalue weighted by molar-refractivity contribution is 7.26. The van der Waals surface area contributed by atoms with E-state index in [1.54, 1.807) is 0 Å². The Hall–Kier alpha value is -5.12. The van der Waals surface area contributed by atoms with Crippen LogP contribution in [-0.2, 0) is 0 Å². The Balaban J connectivity index is 0.993. The van der Waals surface area contributed by atoms with Crippen LogP contribution in [0.5, 0.6) is 0 Å². The number of benzene rings is 6. The van der Waals surface area contributed by atoms with Crippen molar-refractivity contribution in [1.82, 2.24) is 0 Å². The Labute approximate surface area is 242 Å². The van der Waals surface area contributed by atoms with E-state index in [1.165, 1.54) is 42.4 Å². The fraction of sp³-hybridized carbons (Fsp3) is 0. The molecule has 0 radical (unpaired) electrons. The standard InChI is InChI=1S/C38H25NOS/c1-3-10-35-29(6-1)24-36(40-35)28-14-12-25(13-15-28)26-16-20-30(21-17-26)39-31-22-18-27(19-23-31)32-8-5-9-34-33-7-2-4-11-37(33)41-38(32)34/h1-24,39H.